The lowest BCUT2D eigenvalue weighted by Crippen LogP contribution is -2.42. The zero-order valence-electron chi connectivity index (χ0n) is 12.5. The first-order chi connectivity index (χ1) is 9.97. The van der Waals surface area contributed by atoms with E-state index in [2.05, 4.69) is 20.9 Å². The topological polar surface area (TPSA) is 109 Å². The molecule has 114 valence electrons. The lowest BCUT2D eigenvalue weighted by atomic mass is 10.1. The smallest absolute Gasteiger partial charge is 0.321 e. The summed E-state index contributed by atoms with van der Waals surface area (Å²) in [5, 5.41) is 7.44. The highest BCUT2D eigenvalue weighted by molar-refractivity contribution is 5.98. The summed E-state index contributed by atoms with van der Waals surface area (Å²) in [5.41, 5.74) is 8.33. The van der Waals surface area contributed by atoms with E-state index in [0.29, 0.717) is 0 Å². The quantitative estimate of drug-likeness (QED) is 0.485. The number of hydrogen-bond acceptors (Lipinski definition) is 3. The minimum absolute atomic E-state index is 0.106. The van der Waals surface area contributed by atoms with Crippen LogP contribution < -0.4 is 21.7 Å². The van der Waals surface area contributed by atoms with Gasteiger partial charge in [-0.3, -0.25) is 10.1 Å². The van der Waals surface area contributed by atoms with Crippen LogP contribution in [0.25, 0.3) is 0 Å². The molecule has 7 heteroatoms. The van der Waals surface area contributed by atoms with Gasteiger partial charge < -0.3 is 16.4 Å². The maximum atomic E-state index is 11.9. The molecule has 7 nitrogen and oxygen atoms in total. The molecular formula is C14H21N5O2. The predicted molar refractivity (Wildman–Crippen MR) is 83.3 cm³/mol. The lowest BCUT2D eigenvalue weighted by Gasteiger charge is -2.12. The fourth-order valence-electron chi connectivity index (χ4n) is 1.76. The van der Waals surface area contributed by atoms with Gasteiger partial charge in [0.25, 0.3) is 0 Å². The molecule has 0 unspecified atom stereocenters. The molecule has 3 amide bonds. The molecule has 0 heterocycles. The Balaban J connectivity index is 2.66. The van der Waals surface area contributed by atoms with Crippen LogP contribution in [-0.2, 0) is 11.2 Å². The summed E-state index contributed by atoms with van der Waals surface area (Å²) in [7, 11) is 1.46. The van der Waals surface area contributed by atoms with Crippen LogP contribution in [0.2, 0.25) is 0 Å². The van der Waals surface area contributed by atoms with E-state index >= 15 is 0 Å². The van der Waals surface area contributed by atoms with Crippen LogP contribution in [-0.4, -0.2) is 31.5 Å². The fraction of sp³-hybridized carbons (Fsp3) is 0.357. The maximum Gasteiger partial charge on any atom is 0.321 e. The average molecular weight is 291 g/mol. The number of nitrogens with zero attached hydrogens (tertiary/aromatic N) is 1. The van der Waals surface area contributed by atoms with Gasteiger partial charge in [0, 0.05) is 12.7 Å². The number of aryl methyl sites for hydroxylation is 2. The predicted octanol–water partition coefficient (Wildman–Crippen LogP) is 0.740. The molecule has 0 spiro atoms. The summed E-state index contributed by atoms with van der Waals surface area (Å²) in [6.45, 7) is 3.79. The van der Waals surface area contributed by atoms with Crippen molar-refractivity contribution < 1.29 is 9.59 Å². The van der Waals surface area contributed by atoms with Gasteiger partial charge in [0.15, 0.2) is 5.96 Å². The highest BCUT2D eigenvalue weighted by Gasteiger charge is 2.08. The number of hydrogen-bond donors (Lipinski definition) is 4. The first-order valence-electron chi connectivity index (χ1n) is 6.64. The number of carbonyl (C=O) groups excluding carboxylic acids is 2. The summed E-state index contributed by atoms with van der Waals surface area (Å²) in [6.07, 6.45) is 0.820. The second kappa shape index (κ2) is 7.88. The maximum absolute atomic E-state index is 11.9. The van der Waals surface area contributed by atoms with E-state index in [1.54, 1.807) is 0 Å². The van der Waals surface area contributed by atoms with Gasteiger partial charge in [-0.25, -0.2) is 9.79 Å². The zero-order valence-corrected chi connectivity index (χ0v) is 12.5. The number of rotatable bonds is 4. The first-order valence-corrected chi connectivity index (χ1v) is 6.64. The Morgan fingerprint density at radius 1 is 1.33 bits per heavy atom. The van der Waals surface area contributed by atoms with Crippen molar-refractivity contribution in [2.75, 3.05) is 18.9 Å². The Kier molecular flexibility index (Phi) is 6.19. The van der Waals surface area contributed by atoms with Crippen molar-refractivity contribution in [1.29, 1.82) is 0 Å². The molecule has 0 radical (unpaired) electrons. The van der Waals surface area contributed by atoms with E-state index in [0.717, 1.165) is 23.2 Å². The van der Waals surface area contributed by atoms with E-state index in [1.165, 1.54) is 7.05 Å². The van der Waals surface area contributed by atoms with Crippen molar-refractivity contribution in [3.8, 4) is 0 Å². The monoisotopic (exact) mass is 291 g/mol. The molecule has 1 aromatic rings. The number of nitrogens with two attached hydrogens (primary N) is 1. The molecule has 5 N–H and O–H groups in total. The van der Waals surface area contributed by atoms with Crippen LogP contribution in [0.1, 0.15) is 18.1 Å². The number of carbonyl (C=O) groups is 2. The Morgan fingerprint density at radius 2 is 2.05 bits per heavy atom. The number of nitrogens with one attached hydrogen (secondary N) is 3. The number of urea groups is 1. The number of anilines is 1. The standard InChI is InChI=1S/C14H21N5O2/c1-4-10-7-5-6-9(2)12(10)18-11(20)8-17-13(15)19-14(21)16-3/h5-7H,4,8H2,1-3H3,(H,18,20)(H4,15,16,17,19,21). The third-order valence-corrected chi connectivity index (χ3v) is 2.87. The molecule has 0 saturated heterocycles. The average Bonchev–Trinajstić information content (AvgIpc) is 2.47. The highest BCUT2D eigenvalue weighted by Crippen LogP contribution is 2.20. The Labute approximate surface area is 124 Å². The minimum Gasteiger partial charge on any atom is -0.370 e. The molecule has 21 heavy (non-hydrogen) atoms. The van der Waals surface area contributed by atoms with E-state index in [1.807, 2.05) is 32.0 Å². The second-order valence-electron chi connectivity index (χ2n) is 4.42. The second-order valence-corrected chi connectivity index (χ2v) is 4.42. The molecule has 0 aliphatic rings. The normalized spacial score (nSPS) is 10.9. The van der Waals surface area contributed by atoms with Gasteiger partial charge in [0.1, 0.15) is 6.54 Å². The third-order valence-electron chi connectivity index (χ3n) is 2.87. The number of aliphatic imine (C=N–C) groups is 1. The lowest BCUT2D eigenvalue weighted by molar-refractivity contribution is -0.114. The Morgan fingerprint density at radius 3 is 2.67 bits per heavy atom. The van der Waals surface area contributed by atoms with Crippen molar-refractivity contribution in [2.45, 2.75) is 20.3 Å². The van der Waals surface area contributed by atoms with Crippen molar-refractivity contribution in [2.24, 2.45) is 10.7 Å². The van der Waals surface area contributed by atoms with Gasteiger partial charge in [-0.1, -0.05) is 25.1 Å². The van der Waals surface area contributed by atoms with Crippen LogP contribution in [0.3, 0.4) is 0 Å². The largest absolute Gasteiger partial charge is 0.370 e. The molecule has 0 bridgehead atoms. The van der Waals surface area contributed by atoms with Crippen molar-refractivity contribution in [3.63, 3.8) is 0 Å². The number of para-hydroxylation sites is 1. The summed E-state index contributed by atoms with van der Waals surface area (Å²) >= 11 is 0. The SMILES string of the molecule is CCc1cccc(C)c1NC(=O)CN=C(N)NC(=O)NC. The van der Waals surface area contributed by atoms with Gasteiger partial charge >= 0.3 is 6.03 Å². The van der Waals surface area contributed by atoms with E-state index in [9.17, 15) is 9.59 Å². The molecule has 0 aliphatic carbocycles. The molecule has 1 rings (SSSR count). The van der Waals surface area contributed by atoms with Gasteiger partial charge in [-0.2, -0.15) is 0 Å². The molecule has 1 aromatic carbocycles. The highest BCUT2D eigenvalue weighted by atomic mass is 16.2. The summed E-state index contributed by atoms with van der Waals surface area (Å²) < 4.78 is 0. The van der Waals surface area contributed by atoms with Crippen molar-refractivity contribution in [3.05, 3.63) is 29.3 Å². The van der Waals surface area contributed by atoms with Crippen LogP contribution in [0.15, 0.2) is 23.2 Å². The van der Waals surface area contributed by atoms with Crippen LogP contribution in [0.5, 0.6) is 0 Å². The van der Waals surface area contributed by atoms with Crippen molar-refractivity contribution >= 4 is 23.6 Å². The van der Waals surface area contributed by atoms with Crippen molar-refractivity contribution in [1.82, 2.24) is 10.6 Å². The molecule has 0 fully saturated rings. The van der Waals surface area contributed by atoms with Gasteiger partial charge in [0.05, 0.1) is 0 Å². The molecule has 0 aliphatic heterocycles. The van der Waals surface area contributed by atoms with E-state index < -0.39 is 6.03 Å². The molecular weight excluding hydrogens is 270 g/mol. The Bertz CT molecular complexity index is 554. The summed E-state index contributed by atoms with van der Waals surface area (Å²) in [4.78, 5) is 26.7. The van der Waals surface area contributed by atoms with Crippen LogP contribution in [0.4, 0.5) is 10.5 Å². The molecule has 0 aromatic heterocycles. The molecule has 0 atom stereocenters. The zero-order chi connectivity index (χ0) is 15.8. The summed E-state index contributed by atoms with van der Waals surface area (Å²) in [6, 6.07) is 5.36. The van der Waals surface area contributed by atoms with Crippen LogP contribution >= 0.6 is 0 Å². The van der Waals surface area contributed by atoms with E-state index in [4.69, 9.17) is 5.73 Å². The van der Waals surface area contributed by atoms with Gasteiger partial charge in [0.2, 0.25) is 5.91 Å². The van der Waals surface area contributed by atoms with Gasteiger partial charge in [-0.05, 0) is 24.5 Å². The van der Waals surface area contributed by atoms with Gasteiger partial charge in [-0.15, -0.1) is 0 Å². The number of amides is 3. The number of guanidine groups is 1. The summed E-state index contributed by atoms with van der Waals surface area (Å²) in [5.74, 6) is -0.398. The molecule has 0 saturated carbocycles. The third kappa shape index (κ3) is 5.13. The fourth-order valence-corrected chi connectivity index (χ4v) is 1.76. The number of benzene rings is 1. The first kappa shape index (κ1) is 16.5. The van der Waals surface area contributed by atoms with E-state index in [-0.39, 0.29) is 18.4 Å². The van der Waals surface area contributed by atoms with Crippen LogP contribution in [0, 0.1) is 6.92 Å². The minimum atomic E-state index is -0.483. The Hall–Kier alpha value is -2.57.